The van der Waals surface area contributed by atoms with Crippen molar-refractivity contribution in [2.24, 2.45) is 0 Å². The van der Waals surface area contributed by atoms with E-state index in [1.54, 1.807) is 24.5 Å². The molecule has 1 aromatic carbocycles. The van der Waals surface area contributed by atoms with E-state index in [2.05, 4.69) is 15.3 Å². The number of rotatable bonds is 3. The lowest BCUT2D eigenvalue weighted by Crippen LogP contribution is -2.46. The summed E-state index contributed by atoms with van der Waals surface area (Å²) in [5, 5.41) is 3.38. The zero-order valence-electron chi connectivity index (χ0n) is 11.9. The van der Waals surface area contributed by atoms with Gasteiger partial charge in [-0.05, 0) is 43.2 Å². The number of benzene rings is 1. The van der Waals surface area contributed by atoms with Crippen molar-refractivity contribution in [3.8, 4) is 11.4 Å². The van der Waals surface area contributed by atoms with Gasteiger partial charge in [-0.2, -0.15) is 0 Å². The molecule has 0 spiro atoms. The third kappa shape index (κ3) is 3.43. The molecule has 2 aromatic rings. The van der Waals surface area contributed by atoms with Gasteiger partial charge in [-0.15, -0.1) is 0 Å². The van der Waals surface area contributed by atoms with Crippen LogP contribution in [-0.2, 0) is 11.2 Å². The summed E-state index contributed by atoms with van der Waals surface area (Å²) in [4.78, 5) is 8.41. The van der Waals surface area contributed by atoms with Crippen molar-refractivity contribution in [3.05, 3.63) is 48.0 Å². The first-order valence-corrected chi connectivity index (χ1v) is 7.13. The zero-order chi connectivity index (χ0) is 14.7. The molecule has 1 aliphatic rings. The maximum absolute atomic E-state index is 14.0. The molecule has 2 heterocycles. The Labute approximate surface area is 123 Å². The molecule has 0 radical (unpaired) electrons. The molecule has 1 aromatic heterocycles. The van der Waals surface area contributed by atoms with Gasteiger partial charge < -0.3 is 10.1 Å². The van der Waals surface area contributed by atoms with Crippen molar-refractivity contribution in [2.75, 3.05) is 13.2 Å². The van der Waals surface area contributed by atoms with Crippen LogP contribution in [0.2, 0.25) is 0 Å². The van der Waals surface area contributed by atoms with Crippen molar-refractivity contribution in [1.29, 1.82) is 0 Å². The average molecular weight is 287 g/mol. The summed E-state index contributed by atoms with van der Waals surface area (Å²) in [6, 6.07) is 6.92. The topological polar surface area (TPSA) is 47.0 Å². The van der Waals surface area contributed by atoms with Crippen molar-refractivity contribution < 1.29 is 9.13 Å². The normalized spacial score (nSPS) is 22.2. The van der Waals surface area contributed by atoms with E-state index in [9.17, 15) is 4.39 Å². The Kier molecular flexibility index (Phi) is 4.22. The third-order valence-electron chi connectivity index (χ3n) is 3.61. The molecule has 1 aliphatic heterocycles. The largest absolute Gasteiger partial charge is 0.376 e. The molecule has 3 rings (SSSR count). The van der Waals surface area contributed by atoms with Crippen molar-refractivity contribution in [1.82, 2.24) is 15.3 Å². The Morgan fingerprint density at radius 2 is 2.14 bits per heavy atom. The van der Waals surface area contributed by atoms with E-state index in [4.69, 9.17) is 4.74 Å². The van der Waals surface area contributed by atoms with E-state index in [1.165, 1.54) is 6.07 Å². The van der Waals surface area contributed by atoms with Crippen molar-refractivity contribution >= 4 is 0 Å². The van der Waals surface area contributed by atoms with Crippen LogP contribution in [0.3, 0.4) is 0 Å². The molecule has 1 fully saturated rings. The molecule has 21 heavy (non-hydrogen) atoms. The first-order chi connectivity index (χ1) is 10.2. The molecule has 5 heteroatoms. The highest BCUT2D eigenvalue weighted by Crippen LogP contribution is 2.20. The first-order valence-electron chi connectivity index (χ1n) is 7.13. The molecular formula is C16H18FN3O. The Morgan fingerprint density at radius 1 is 1.33 bits per heavy atom. The predicted molar refractivity (Wildman–Crippen MR) is 78.3 cm³/mol. The number of hydrogen-bond donors (Lipinski definition) is 1. The van der Waals surface area contributed by atoms with Gasteiger partial charge in [0.2, 0.25) is 0 Å². The van der Waals surface area contributed by atoms with Gasteiger partial charge in [-0.1, -0.05) is 0 Å². The minimum absolute atomic E-state index is 0.141. The van der Waals surface area contributed by atoms with Crippen LogP contribution in [0.15, 0.2) is 36.7 Å². The van der Waals surface area contributed by atoms with Gasteiger partial charge in [0.1, 0.15) is 5.82 Å². The van der Waals surface area contributed by atoms with E-state index in [0.717, 1.165) is 12.1 Å². The van der Waals surface area contributed by atoms with Crippen LogP contribution in [0.25, 0.3) is 11.4 Å². The van der Waals surface area contributed by atoms with Gasteiger partial charge in [0.25, 0.3) is 0 Å². The Hall–Kier alpha value is -1.85. The number of aromatic nitrogens is 2. The lowest BCUT2D eigenvalue weighted by molar-refractivity contribution is 0.0154. The number of nitrogens with zero attached hydrogens (tertiary/aromatic N) is 2. The van der Waals surface area contributed by atoms with Crippen LogP contribution in [0.5, 0.6) is 0 Å². The van der Waals surface area contributed by atoms with Crippen LogP contribution in [0.1, 0.15) is 12.5 Å². The fourth-order valence-electron chi connectivity index (χ4n) is 2.45. The SMILES string of the molecule is C[C@@H]1CN[C@H](Cc2cc(-c3ncccn3)ccc2F)CO1. The van der Waals surface area contributed by atoms with Crippen molar-refractivity contribution in [3.63, 3.8) is 0 Å². The van der Waals surface area contributed by atoms with Gasteiger partial charge in [0, 0.05) is 30.5 Å². The van der Waals surface area contributed by atoms with Crippen LogP contribution < -0.4 is 5.32 Å². The summed E-state index contributed by atoms with van der Waals surface area (Å²) in [6.07, 6.45) is 4.18. The Balaban J connectivity index is 1.79. The highest BCUT2D eigenvalue weighted by atomic mass is 19.1. The zero-order valence-corrected chi connectivity index (χ0v) is 11.9. The molecule has 0 unspecified atom stereocenters. The summed E-state index contributed by atoms with van der Waals surface area (Å²) in [7, 11) is 0. The number of ether oxygens (including phenoxy) is 1. The van der Waals surface area contributed by atoms with E-state index in [-0.39, 0.29) is 18.0 Å². The number of morpholine rings is 1. The Bertz CT molecular complexity index is 598. The average Bonchev–Trinajstić information content (AvgIpc) is 2.52. The maximum Gasteiger partial charge on any atom is 0.159 e. The van der Waals surface area contributed by atoms with Gasteiger partial charge >= 0.3 is 0 Å². The monoisotopic (exact) mass is 287 g/mol. The molecule has 110 valence electrons. The van der Waals surface area contributed by atoms with E-state index >= 15 is 0 Å². The fraction of sp³-hybridized carbons (Fsp3) is 0.375. The first kappa shape index (κ1) is 14.1. The van der Waals surface area contributed by atoms with E-state index in [1.807, 2.05) is 13.0 Å². The minimum Gasteiger partial charge on any atom is -0.376 e. The molecule has 2 atom stereocenters. The predicted octanol–water partition coefficient (Wildman–Crippen LogP) is 2.20. The van der Waals surface area contributed by atoms with Gasteiger partial charge in [0.05, 0.1) is 12.7 Å². The lowest BCUT2D eigenvalue weighted by Gasteiger charge is -2.28. The second-order valence-corrected chi connectivity index (χ2v) is 5.33. The lowest BCUT2D eigenvalue weighted by atomic mass is 10.0. The van der Waals surface area contributed by atoms with E-state index < -0.39 is 0 Å². The third-order valence-corrected chi connectivity index (χ3v) is 3.61. The minimum atomic E-state index is -0.199. The van der Waals surface area contributed by atoms with Gasteiger partial charge in [-0.25, -0.2) is 14.4 Å². The van der Waals surface area contributed by atoms with Crippen LogP contribution >= 0.6 is 0 Å². The second kappa shape index (κ2) is 6.28. The molecule has 0 saturated carbocycles. The molecule has 0 bridgehead atoms. The summed E-state index contributed by atoms with van der Waals surface area (Å²) in [6.45, 7) is 3.43. The number of hydrogen-bond acceptors (Lipinski definition) is 4. The fourth-order valence-corrected chi connectivity index (χ4v) is 2.45. The van der Waals surface area contributed by atoms with E-state index in [0.29, 0.717) is 24.4 Å². The highest BCUT2D eigenvalue weighted by molar-refractivity contribution is 5.55. The van der Waals surface area contributed by atoms with Crippen LogP contribution in [-0.4, -0.2) is 35.3 Å². The molecule has 0 aliphatic carbocycles. The number of nitrogens with one attached hydrogen (secondary N) is 1. The summed E-state index contributed by atoms with van der Waals surface area (Å²) < 4.78 is 19.6. The molecule has 1 saturated heterocycles. The smallest absolute Gasteiger partial charge is 0.159 e. The molecule has 1 N–H and O–H groups in total. The molecule has 4 nitrogen and oxygen atoms in total. The second-order valence-electron chi connectivity index (χ2n) is 5.33. The molecular weight excluding hydrogens is 269 g/mol. The Morgan fingerprint density at radius 3 is 2.86 bits per heavy atom. The van der Waals surface area contributed by atoms with Crippen LogP contribution in [0.4, 0.5) is 4.39 Å². The quantitative estimate of drug-likeness (QED) is 0.940. The van der Waals surface area contributed by atoms with Crippen molar-refractivity contribution in [2.45, 2.75) is 25.5 Å². The molecule has 0 amide bonds. The standard InChI is InChI=1S/C16H18FN3O/c1-11-9-20-14(10-21-11)8-13-7-12(3-4-15(13)17)16-18-5-2-6-19-16/h2-7,11,14,20H,8-10H2,1H3/t11-,14-/m1/s1. The highest BCUT2D eigenvalue weighted by Gasteiger charge is 2.19. The van der Waals surface area contributed by atoms with Gasteiger partial charge in [-0.3, -0.25) is 0 Å². The summed E-state index contributed by atoms with van der Waals surface area (Å²) >= 11 is 0. The summed E-state index contributed by atoms with van der Waals surface area (Å²) in [5.41, 5.74) is 1.49. The van der Waals surface area contributed by atoms with Gasteiger partial charge in [0.15, 0.2) is 5.82 Å². The summed E-state index contributed by atoms with van der Waals surface area (Å²) in [5.74, 6) is 0.412. The number of halogens is 1. The van der Waals surface area contributed by atoms with Crippen LogP contribution in [0, 0.1) is 5.82 Å². The maximum atomic E-state index is 14.0.